The first kappa shape index (κ1) is 17.3. The van der Waals surface area contributed by atoms with Gasteiger partial charge in [-0.2, -0.15) is 0 Å². The molecule has 4 rings (SSSR count). The van der Waals surface area contributed by atoms with Gasteiger partial charge in [-0.25, -0.2) is 9.79 Å². The Hall–Kier alpha value is -4.07. The fourth-order valence-corrected chi connectivity index (χ4v) is 2.92. The molecule has 2 aromatic carbocycles. The summed E-state index contributed by atoms with van der Waals surface area (Å²) in [6.45, 7) is 1.55. The predicted molar refractivity (Wildman–Crippen MR) is 101 cm³/mol. The number of cyclic esters (lactones) is 1. The average molecular weight is 376 g/mol. The number of rotatable bonds is 3. The Bertz CT molecular complexity index is 1270. The number of hydrogen-bond donors (Lipinski definition) is 0. The molecule has 28 heavy (non-hydrogen) atoms. The number of para-hydroxylation sites is 1. The molecule has 8 heteroatoms. The molecule has 1 aliphatic rings. The Morgan fingerprint density at radius 3 is 2.68 bits per heavy atom. The molecule has 0 unspecified atom stereocenters. The van der Waals surface area contributed by atoms with Crippen LogP contribution in [0.3, 0.4) is 0 Å². The molecule has 0 fully saturated rings. The number of esters is 1. The minimum atomic E-state index is -0.756. The Kier molecular flexibility index (Phi) is 4.08. The SMILES string of the molecule is Cc1c(C2=N/C(=C/c3coc4ccccc4c3=O)C(=O)O2)cccc1[N+](=O)[O-]. The molecule has 0 atom stereocenters. The third-order valence-corrected chi connectivity index (χ3v) is 4.35. The van der Waals surface area contributed by atoms with Crippen LogP contribution in [0.25, 0.3) is 17.0 Å². The highest BCUT2D eigenvalue weighted by Crippen LogP contribution is 2.26. The van der Waals surface area contributed by atoms with Crippen molar-refractivity contribution in [3.8, 4) is 0 Å². The second-order valence-corrected chi connectivity index (χ2v) is 6.06. The molecule has 0 saturated heterocycles. The van der Waals surface area contributed by atoms with Crippen LogP contribution in [0, 0.1) is 17.0 Å². The molecule has 8 nitrogen and oxygen atoms in total. The van der Waals surface area contributed by atoms with Crippen molar-refractivity contribution in [2.75, 3.05) is 0 Å². The molecular weight excluding hydrogens is 364 g/mol. The van der Waals surface area contributed by atoms with Gasteiger partial charge in [-0.1, -0.05) is 18.2 Å². The number of carbonyl (C=O) groups excluding carboxylic acids is 1. The molecule has 0 amide bonds. The van der Waals surface area contributed by atoms with Gasteiger partial charge in [0.15, 0.2) is 11.1 Å². The Balaban J connectivity index is 1.79. The van der Waals surface area contributed by atoms with Crippen molar-refractivity contribution in [3.05, 3.63) is 91.5 Å². The van der Waals surface area contributed by atoms with E-state index in [1.807, 2.05) is 0 Å². The molecule has 0 bridgehead atoms. The van der Waals surface area contributed by atoms with E-state index in [1.165, 1.54) is 24.5 Å². The molecule has 1 aromatic heterocycles. The number of fused-ring (bicyclic) bond motifs is 1. The van der Waals surface area contributed by atoms with Crippen molar-refractivity contribution in [1.82, 2.24) is 0 Å². The van der Waals surface area contributed by atoms with Gasteiger partial charge in [-0.05, 0) is 31.2 Å². The molecule has 0 spiro atoms. The van der Waals surface area contributed by atoms with E-state index >= 15 is 0 Å². The lowest BCUT2D eigenvalue weighted by molar-refractivity contribution is -0.385. The molecule has 138 valence electrons. The van der Waals surface area contributed by atoms with Gasteiger partial charge >= 0.3 is 5.97 Å². The second kappa shape index (κ2) is 6.58. The third kappa shape index (κ3) is 2.86. The van der Waals surface area contributed by atoms with Gasteiger partial charge in [-0.15, -0.1) is 0 Å². The first-order valence-corrected chi connectivity index (χ1v) is 8.23. The minimum Gasteiger partial charge on any atom is -0.463 e. The largest absolute Gasteiger partial charge is 0.463 e. The molecular formula is C20H12N2O6. The number of carbonyl (C=O) groups is 1. The lowest BCUT2D eigenvalue weighted by Gasteiger charge is -2.04. The number of nitro groups is 1. The van der Waals surface area contributed by atoms with Gasteiger partial charge < -0.3 is 9.15 Å². The third-order valence-electron chi connectivity index (χ3n) is 4.35. The number of nitro benzene ring substituents is 1. The summed E-state index contributed by atoms with van der Waals surface area (Å²) in [5, 5.41) is 11.5. The minimum absolute atomic E-state index is 0.0531. The molecule has 3 aromatic rings. The van der Waals surface area contributed by atoms with E-state index in [-0.39, 0.29) is 28.3 Å². The van der Waals surface area contributed by atoms with E-state index in [4.69, 9.17) is 9.15 Å². The van der Waals surface area contributed by atoms with E-state index in [0.717, 1.165) is 0 Å². The summed E-state index contributed by atoms with van der Waals surface area (Å²) in [5.74, 6) is -0.809. The molecule has 0 N–H and O–H groups in total. The van der Waals surface area contributed by atoms with Gasteiger partial charge in [0.05, 0.1) is 15.9 Å². The summed E-state index contributed by atoms with van der Waals surface area (Å²) >= 11 is 0. The van der Waals surface area contributed by atoms with Crippen LogP contribution in [0.15, 0.2) is 68.6 Å². The normalized spacial score (nSPS) is 15.0. The smallest absolute Gasteiger partial charge is 0.363 e. The molecule has 0 radical (unpaired) electrons. The predicted octanol–water partition coefficient (Wildman–Crippen LogP) is 3.35. The molecule has 0 saturated carbocycles. The van der Waals surface area contributed by atoms with E-state index in [2.05, 4.69) is 4.99 Å². The summed E-state index contributed by atoms with van der Waals surface area (Å²) in [6.07, 6.45) is 2.53. The van der Waals surface area contributed by atoms with Crippen molar-refractivity contribution >= 4 is 34.6 Å². The zero-order chi connectivity index (χ0) is 19.8. The maximum Gasteiger partial charge on any atom is 0.363 e. The first-order valence-electron chi connectivity index (χ1n) is 8.23. The van der Waals surface area contributed by atoms with Crippen LogP contribution >= 0.6 is 0 Å². The Morgan fingerprint density at radius 2 is 1.89 bits per heavy atom. The standard InChI is InChI=1S/C20H12N2O6/c1-11-13(6-4-7-16(11)22(25)26)19-21-15(20(24)28-19)9-12-10-27-17-8-3-2-5-14(17)18(12)23/h2-10H,1H3/b15-9+. The topological polar surface area (TPSA) is 112 Å². The zero-order valence-electron chi connectivity index (χ0n) is 14.5. The summed E-state index contributed by atoms with van der Waals surface area (Å²) in [7, 11) is 0. The van der Waals surface area contributed by atoms with Crippen LogP contribution < -0.4 is 5.43 Å². The van der Waals surface area contributed by atoms with Gasteiger partial charge in [0.1, 0.15) is 11.8 Å². The molecule has 0 aliphatic carbocycles. The highest BCUT2D eigenvalue weighted by molar-refractivity contribution is 6.13. The average Bonchev–Trinajstić information content (AvgIpc) is 3.04. The Morgan fingerprint density at radius 1 is 1.11 bits per heavy atom. The highest BCUT2D eigenvalue weighted by Gasteiger charge is 2.27. The first-order chi connectivity index (χ1) is 13.5. The van der Waals surface area contributed by atoms with Crippen LogP contribution in [0.4, 0.5) is 5.69 Å². The number of ether oxygens (including phenoxy) is 1. The van der Waals surface area contributed by atoms with Crippen molar-refractivity contribution in [2.24, 2.45) is 4.99 Å². The van der Waals surface area contributed by atoms with Crippen molar-refractivity contribution < 1.29 is 18.9 Å². The quantitative estimate of drug-likeness (QED) is 0.300. The fourth-order valence-electron chi connectivity index (χ4n) is 2.92. The maximum absolute atomic E-state index is 12.6. The fraction of sp³-hybridized carbons (Fsp3) is 0.0500. The van der Waals surface area contributed by atoms with Gasteiger partial charge in [0.2, 0.25) is 5.90 Å². The van der Waals surface area contributed by atoms with Crippen LogP contribution in [0.1, 0.15) is 16.7 Å². The van der Waals surface area contributed by atoms with E-state index < -0.39 is 10.9 Å². The molecule has 2 heterocycles. The van der Waals surface area contributed by atoms with E-state index in [0.29, 0.717) is 22.1 Å². The van der Waals surface area contributed by atoms with Crippen molar-refractivity contribution in [3.63, 3.8) is 0 Å². The number of benzene rings is 2. The van der Waals surface area contributed by atoms with E-state index in [1.54, 1.807) is 37.3 Å². The lowest BCUT2D eigenvalue weighted by Crippen LogP contribution is -2.08. The summed E-state index contributed by atoms with van der Waals surface area (Å²) in [4.78, 5) is 39.5. The highest BCUT2D eigenvalue weighted by atomic mass is 16.6. The van der Waals surface area contributed by atoms with E-state index in [9.17, 15) is 19.7 Å². The maximum atomic E-state index is 12.6. The number of hydrogen-bond acceptors (Lipinski definition) is 7. The van der Waals surface area contributed by atoms with Crippen molar-refractivity contribution in [1.29, 1.82) is 0 Å². The number of nitrogens with zero attached hydrogens (tertiary/aromatic N) is 2. The zero-order valence-corrected chi connectivity index (χ0v) is 14.5. The van der Waals surface area contributed by atoms with Crippen molar-refractivity contribution in [2.45, 2.75) is 6.92 Å². The second-order valence-electron chi connectivity index (χ2n) is 6.06. The monoisotopic (exact) mass is 376 g/mol. The van der Waals surface area contributed by atoms with Crippen LogP contribution in [0.5, 0.6) is 0 Å². The van der Waals surface area contributed by atoms with Crippen LogP contribution in [-0.2, 0) is 9.53 Å². The van der Waals surface area contributed by atoms with Gasteiger partial charge in [-0.3, -0.25) is 14.9 Å². The van der Waals surface area contributed by atoms with Crippen LogP contribution in [0.2, 0.25) is 0 Å². The van der Waals surface area contributed by atoms with Gasteiger partial charge in [0, 0.05) is 17.2 Å². The summed E-state index contributed by atoms with van der Waals surface area (Å²) in [5.41, 5.74) is 0.721. The lowest BCUT2D eigenvalue weighted by atomic mass is 10.1. The summed E-state index contributed by atoms with van der Waals surface area (Å²) in [6, 6.07) is 11.2. The number of aliphatic imine (C=N–C) groups is 1. The summed E-state index contributed by atoms with van der Waals surface area (Å²) < 4.78 is 10.6. The molecule has 1 aliphatic heterocycles. The Labute approximate surface area is 157 Å². The van der Waals surface area contributed by atoms with Gasteiger partial charge in [0.25, 0.3) is 5.69 Å². The van der Waals surface area contributed by atoms with Crippen LogP contribution in [-0.4, -0.2) is 16.8 Å².